The largest absolute Gasteiger partial charge is 0.480 e. The molecule has 0 aromatic rings. The smallest absolute Gasteiger partial charge is 0.323 e. The molecule has 1 heterocycles. The molecular formula is C12H21NO5S. The Labute approximate surface area is 113 Å². The van der Waals surface area contributed by atoms with Crippen molar-refractivity contribution in [3.8, 4) is 0 Å². The lowest BCUT2D eigenvalue weighted by molar-refractivity contribution is -0.152. The van der Waals surface area contributed by atoms with Crippen molar-refractivity contribution in [1.29, 1.82) is 0 Å². The Morgan fingerprint density at radius 1 is 1.37 bits per heavy atom. The van der Waals surface area contributed by atoms with Crippen LogP contribution in [0.5, 0.6) is 0 Å². The Balaban J connectivity index is 2.09. The number of carboxylic acids is 1. The maximum Gasteiger partial charge on any atom is 0.323 e. The third kappa shape index (κ3) is 3.46. The van der Waals surface area contributed by atoms with E-state index in [1.54, 1.807) is 0 Å². The monoisotopic (exact) mass is 291 g/mol. The van der Waals surface area contributed by atoms with E-state index < -0.39 is 21.8 Å². The van der Waals surface area contributed by atoms with Gasteiger partial charge >= 0.3 is 5.97 Å². The summed E-state index contributed by atoms with van der Waals surface area (Å²) in [5.41, 5.74) is 0. The maximum absolute atomic E-state index is 11.7. The molecule has 110 valence electrons. The first kappa shape index (κ1) is 14.7. The molecule has 0 radical (unpaired) electrons. The molecule has 1 saturated heterocycles. The van der Waals surface area contributed by atoms with Gasteiger partial charge in [-0.25, -0.2) is 8.42 Å². The zero-order chi connectivity index (χ0) is 14.0. The van der Waals surface area contributed by atoms with Gasteiger partial charge in [0.15, 0.2) is 0 Å². The molecule has 1 N–H and O–H groups in total. The minimum atomic E-state index is -3.04. The van der Waals surface area contributed by atoms with Crippen LogP contribution in [0.4, 0.5) is 0 Å². The first-order valence-electron chi connectivity index (χ1n) is 6.64. The highest BCUT2D eigenvalue weighted by Crippen LogP contribution is 2.29. The zero-order valence-corrected chi connectivity index (χ0v) is 11.9. The number of hydrogen-bond acceptors (Lipinski definition) is 5. The predicted octanol–water partition coefficient (Wildman–Crippen LogP) is 0.128. The van der Waals surface area contributed by atoms with Crippen LogP contribution < -0.4 is 0 Å². The lowest BCUT2D eigenvalue weighted by Gasteiger charge is -2.42. The molecule has 7 heteroatoms. The summed E-state index contributed by atoms with van der Waals surface area (Å²) in [6, 6.07) is -0.601. The molecule has 0 aromatic heterocycles. The molecule has 1 aliphatic heterocycles. The van der Waals surface area contributed by atoms with E-state index in [-0.39, 0.29) is 17.9 Å². The van der Waals surface area contributed by atoms with Crippen molar-refractivity contribution < 1.29 is 23.1 Å². The van der Waals surface area contributed by atoms with E-state index in [0.717, 1.165) is 12.8 Å². The molecule has 0 aromatic carbocycles. The zero-order valence-electron chi connectivity index (χ0n) is 11.1. The molecule has 1 saturated carbocycles. The minimum Gasteiger partial charge on any atom is -0.480 e. The first-order chi connectivity index (χ1) is 8.89. The molecule has 3 unspecified atom stereocenters. The Morgan fingerprint density at radius 3 is 2.74 bits per heavy atom. The van der Waals surface area contributed by atoms with Gasteiger partial charge in [-0.3, -0.25) is 9.69 Å². The molecule has 1 aliphatic carbocycles. The maximum atomic E-state index is 11.7. The Bertz CT molecular complexity index is 435. The molecule has 3 atom stereocenters. The van der Waals surface area contributed by atoms with Crippen LogP contribution in [-0.4, -0.2) is 67.7 Å². The van der Waals surface area contributed by atoms with Crippen LogP contribution in [0.2, 0.25) is 0 Å². The second-order valence-corrected chi connectivity index (χ2v) is 7.76. The Hall–Kier alpha value is -0.660. The summed E-state index contributed by atoms with van der Waals surface area (Å²) in [4.78, 5) is 13.2. The predicted molar refractivity (Wildman–Crippen MR) is 69.8 cm³/mol. The molecule has 0 spiro atoms. The molecule has 0 bridgehead atoms. The summed E-state index contributed by atoms with van der Waals surface area (Å²) in [7, 11) is -3.04. The average molecular weight is 291 g/mol. The van der Waals surface area contributed by atoms with E-state index in [4.69, 9.17) is 4.74 Å². The van der Waals surface area contributed by atoms with Crippen molar-refractivity contribution in [2.75, 3.05) is 26.0 Å². The lowest BCUT2D eigenvalue weighted by Crippen LogP contribution is -2.56. The average Bonchev–Trinajstić information content (AvgIpc) is 2.38. The fraction of sp³-hybridized carbons (Fsp3) is 0.917. The van der Waals surface area contributed by atoms with Gasteiger partial charge in [-0.2, -0.15) is 0 Å². The number of ether oxygens (including phenoxy) is 1. The number of morpholine rings is 1. The number of aliphatic carboxylic acids is 1. The van der Waals surface area contributed by atoms with Gasteiger partial charge < -0.3 is 9.84 Å². The SMILES string of the molecule is CS(=O)(=O)C1CCCC(N2CCOCC2C(=O)O)C1. The van der Waals surface area contributed by atoms with Crippen LogP contribution >= 0.6 is 0 Å². The van der Waals surface area contributed by atoms with Gasteiger partial charge in [0.25, 0.3) is 0 Å². The van der Waals surface area contributed by atoms with Gasteiger partial charge in [0.05, 0.1) is 18.5 Å². The van der Waals surface area contributed by atoms with Crippen molar-refractivity contribution in [2.45, 2.75) is 43.0 Å². The highest BCUT2D eigenvalue weighted by atomic mass is 32.2. The van der Waals surface area contributed by atoms with Crippen LogP contribution in [-0.2, 0) is 19.4 Å². The fourth-order valence-corrected chi connectivity index (χ4v) is 4.24. The number of carbonyl (C=O) groups is 1. The highest BCUT2D eigenvalue weighted by Gasteiger charge is 2.38. The molecule has 2 fully saturated rings. The Morgan fingerprint density at radius 2 is 2.11 bits per heavy atom. The lowest BCUT2D eigenvalue weighted by atomic mass is 9.92. The Kier molecular flexibility index (Phi) is 4.47. The third-order valence-corrected chi connectivity index (χ3v) is 5.77. The molecular weight excluding hydrogens is 270 g/mol. The van der Waals surface area contributed by atoms with Gasteiger partial charge in [-0.1, -0.05) is 6.42 Å². The fourth-order valence-electron chi connectivity index (χ4n) is 3.08. The van der Waals surface area contributed by atoms with Crippen molar-refractivity contribution in [3.05, 3.63) is 0 Å². The molecule has 2 rings (SSSR count). The topological polar surface area (TPSA) is 83.9 Å². The quantitative estimate of drug-likeness (QED) is 0.795. The van der Waals surface area contributed by atoms with Gasteiger partial charge in [-0.15, -0.1) is 0 Å². The number of sulfone groups is 1. The second kappa shape index (κ2) is 5.76. The van der Waals surface area contributed by atoms with Crippen molar-refractivity contribution in [3.63, 3.8) is 0 Å². The van der Waals surface area contributed by atoms with Crippen LogP contribution in [0.3, 0.4) is 0 Å². The molecule has 2 aliphatic rings. The minimum absolute atomic E-state index is 0.0403. The third-order valence-electron chi connectivity index (χ3n) is 4.13. The van der Waals surface area contributed by atoms with E-state index in [0.29, 0.717) is 26.0 Å². The number of rotatable bonds is 3. The summed E-state index contributed by atoms with van der Waals surface area (Å²) in [5.74, 6) is -0.888. The van der Waals surface area contributed by atoms with Crippen molar-refractivity contribution in [2.24, 2.45) is 0 Å². The van der Waals surface area contributed by atoms with Crippen LogP contribution in [0.1, 0.15) is 25.7 Å². The van der Waals surface area contributed by atoms with Gasteiger partial charge in [0.2, 0.25) is 0 Å². The van der Waals surface area contributed by atoms with Crippen LogP contribution in [0, 0.1) is 0 Å². The molecule has 19 heavy (non-hydrogen) atoms. The molecule has 6 nitrogen and oxygen atoms in total. The standard InChI is InChI=1S/C12H21NO5S/c1-19(16,17)10-4-2-3-9(7-10)13-5-6-18-8-11(13)12(14)15/h9-11H,2-8H2,1H3,(H,14,15). The van der Waals surface area contributed by atoms with E-state index in [1.807, 2.05) is 4.90 Å². The van der Waals surface area contributed by atoms with E-state index >= 15 is 0 Å². The van der Waals surface area contributed by atoms with Gasteiger partial charge in [0, 0.05) is 18.8 Å². The van der Waals surface area contributed by atoms with Crippen LogP contribution in [0.15, 0.2) is 0 Å². The van der Waals surface area contributed by atoms with Gasteiger partial charge in [0.1, 0.15) is 15.9 Å². The summed E-state index contributed by atoms with van der Waals surface area (Å²) >= 11 is 0. The van der Waals surface area contributed by atoms with E-state index in [9.17, 15) is 18.3 Å². The van der Waals surface area contributed by atoms with E-state index in [1.165, 1.54) is 6.26 Å². The number of nitrogens with zero attached hydrogens (tertiary/aromatic N) is 1. The van der Waals surface area contributed by atoms with Crippen molar-refractivity contribution in [1.82, 2.24) is 4.90 Å². The molecule has 0 amide bonds. The summed E-state index contributed by atoms with van der Waals surface area (Å²) < 4.78 is 28.6. The van der Waals surface area contributed by atoms with E-state index in [2.05, 4.69) is 0 Å². The second-order valence-electron chi connectivity index (χ2n) is 5.44. The first-order valence-corrected chi connectivity index (χ1v) is 8.60. The summed E-state index contributed by atoms with van der Waals surface area (Å²) in [6.07, 6.45) is 4.22. The van der Waals surface area contributed by atoms with Crippen LogP contribution in [0.25, 0.3) is 0 Å². The summed E-state index contributed by atoms with van der Waals surface area (Å²) in [6.45, 7) is 1.28. The normalized spacial score (nSPS) is 34.1. The number of carboxylic acid groups (broad SMARTS) is 1. The highest BCUT2D eigenvalue weighted by molar-refractivity contribution is 7.91. The summed E-state index contributed by atoms with van der Waals surface area (Å²) in [5, 5.41) is 8.90. The number of hydrogen-bond donors (Lipinski definition) is 1. The van der Waals surface area contributed by atoms with Crippen molar-refractivity contribution >= 4 is 15.8 Å². The van der Waals surface area contributed by atoms with Gasteiger partial charge in [-0.05, 0) is 19.3 Å².